The summed E-state index contributed by atoms with van der Waals surface area (Å²) in [7, 11) is 3.90. The number of piperazine rings is 2. The van der Waals surface area contributed by atoms with E-state index in [9.17, 15) is 4.79 Å². The molecule has 1 aromatic carbocycles. The highest BCUT2D eigenvalue weighted by atomic mass is 16.5. The van der Waals surface area contributed by atoms with Crippen LogP contribution in [-0.2, 0) is 4.74 Å². The molecular formula is C21H35N5O2. The van der Waals surface area contributed by atoms with Gasteiger partial charge in [-0.3, -0.25) is 9.80 Å². The Hall–Kier alpha value is -1.67. The summed E-state index contributed by atoms with van der Waals surface area (Å²) in [4.78, 5) is 22.1. The molecule has 0 spiro atoms. The number of hydrogen-bond acceptors (Lipinski definition) is 5. The molecule has 1 unspecified atom stereocenters. The maximum Gasteiger partial charge on any atom is 0.318 e. The number of hydrogen-bond donors (Lipinski definition) is 1. The number of benzene rings is 1. The van der Waals surface area contributed by atoms with Crippen molar-refractivity contribution < 1.29 is 9.53 Å². The molecule has 7 heteroatoms. The number of carbonyl (C=O) groups excluding carboxylic acids is 1. The van der Waals surface area contributed by atoms with E-state index < -0.39 is 0 Å². The third-order valence-electron chi connectivity index (χ3n) is 5.81. The largest absolute Gasteiger partial charge is 0.383 e. The van der Waals surface area contributed by atoms with Crippen LogP contribution < -0.4 is 5.32 Å². The normalized spacial score (nSPS) is 20.9. The average molecular weight is 390 g/mol. The van der Waals surface area contributed by atoms with Gasteiger partial charge in [-0.25, -0.2) is 4.79 Å². The highest BCUT2D eigenvalue weighted by molar-refractivity contribution is 5.75. The topological polar surface area (TPSA) is 51.3 Å². The molecule has 0 aliphatic carbocycles. The van der Waals surface area contributed by atoms with Crippen LogP contribution in [-0.4, -0.2) is 112 Å². The number of carbonyl (C=O) groups is 1. The highest BCUT2D eigenvalue weighted by Gasteiger charge is 2.25. The standard InChI is InChI=1S/C21H35N5O2/c1-23-8-10-25(11-9-23)18-20(19-6-4-3-5-7-19)22-21(27)26-14-12-24(13-15-26)16-17-28-2/h3-7,20H,8-18H2,1-2H3,(H,22,27). The zero-order valence-corrected chi connectivity index (χ0v) is 17.3. The first-order valence-corrected chi connectivity index (χ1v) is 10.4. The minimum Gasteiger partial charge on any atom is -0.383 e. The van der Waals surface area contributed by atoms with Crippen LogP contribution in [0.4, 0.5) is 4.79 Å². The summed E-state index contributed by atoms with van der Waals surface area (Å²) in [6.07, 6.45) is 0. The maximum absolute atomic E-state index is 12.9. The predicted molar refractivity (Wildman–Crippen MR) is 112 cm³/mol. The monoisotopic (exact) mass is 389 g/mol. The molecule has 0 saturated carbocycles. The van der Waals surface area contributed by atoms with Gasteiger partial charge in [-0.05, 0) is 12.6 Å². The Morgan fingerprint density at radius 1 is 1.00 bits per heavy atom. The van der Waals surface area contributed by atoms with E-state index in [0.717, 1.165) is 72.1 Å². The molecular weight excluding hydrogens is 354 g/mol. The van der Waals surface area contributed by atoms with Crippen molar-refractivity contribution in [1.29, 1.82) is 0 Å². The van der Waals surface area contributed by atoms with E-state index in [1.165, 1.54) is 5.56 Å². The fraction of sp³-hybridized carbons (Fsp3) is 0.667. The Labute approximate surface area is 169 Å². The Bertz CT molecular complexity index is 584. The fourth-order valence-electron chi connectivity index (χ4n) is 3.84. The minimum atomic E-state index is 0.0172. The van der Waals surface area contributed by atoms with Crippen LogP contribution in [0.2, 0.25) is 0 Å². The lowest BCUT2D eigenvalue weighted by Gasteiger charge is -2.37. The summed E-state index contributed by atoms with van der Waals surface area (Å²) in [6, 6.07) is 10.4. The van der Waals surface area contributed by atoms with Crippen LogP contribution in [0.5, 0.6) is 0 Å². The number of nitrogens with one attached hydrogen (secondary N) is 1. The van der Waals surface area contributed by atoms with Crippen molar-refractivity contribution in [3.05, 3.63) is 35.9 Å². The zero-order chi connectivity index (χ0) is 19.8. The number of ether oxygens (including phenoxy) is 1. The van der Waals surface area contributed by atoms with E-state index in [-0.39, 0.29) is 12.1 Å². The SMILES string of the molecule is COCCN1CCN(C(=O)NC(CN2CCN(C)CC2)c2ccccc2)CC1. The predicted octanol–water partition coefficient (Wildman–Crippen LogP) is 0.949. The molecule has 1 aromatic rings. The summed E-state index contributed by atoms with van der Waals surface area (Å²) < 4.78 is 5.16. The van der Waals surface area contributed by atoms with Gasteiger partial charge in [0.1, 0.15) is 0 Å². The summed E-state index contributed by atoms with van der Waals surface area (Å²) in [5.74, 6) is 0. The molecule has 2 fully saturated rings. The van der Waals surface area contributed by atoms with Gasteiger partial charge in [-0.1, -0.05) is 30.3 Å². The number of methoxy groups -OCH3 is 1. The van der Waals surface area contributed by atoms with E-state index in [4.69, 9.17) is 4.74 Å². The Morgan fingerprint density at radius 2 is 1.64 bits per heavy atom. The molecule has 0 aromatic heterocycles. The van der Waals surface area contributed by atoms with Crippen LogP contribution in [0, 0.1) is 0 Å². The van der Waals surface area contributed by atoms with Crippen molar-refractivity contribution in [3.8, 4) is 0 Å². The maximum atomic E-state index is 12.9. The molecule has 7 nitrogen and oxygen atoms in total. The van der Waals surface area contributed by atoms with Crippen molar-refractivity contribution >= 4 is 6.03 Å². The number of amides is 2. The number of urea groups is 1. The number of rotatable bonds is 7. The van der Waals surface area contributed by atoms with Crippen molar-refractivity contribution in [2.45, 2.75) is 6.04 Å². The first kappa shape index (κ1) is 21.0. The molecule has 3 rings (SSSR count). The molecule has 28 heavy (non-hydrogen) atoms. The van der Waals surface area contributed by atoms with Gasteiger partial charge in [-0.15, -0.1) is 0 Å². The Morgan fingerprint density at radius 3 is 2.29 bits per heavy atom. The third-order valence-corrected chi connectivity index (χ3v) is 5.81. The summed E-state index contributed by atoms with van der Waals surface area (Å²) in [5.41, 5.74) is 1.17. The van der Waals surface area contributed by atoms with Crippen LogP contribution in [0.3, 0.4) is 0 Å². The van der Waals surface area contributed by atoms with Gasteiger partial charge in [0.25, 0.3) is 0 Å². The second-order valence-corrected chi connectivity index (χ2v) is 7.84. The van der Waals surface area contributed by atoms with Gasteiger partial charge in [0.05, 0.1) is 12.6 Å². The second kappa shape index (κ2) is 10.8. The lowest BCUT2D eigenvalue weighted by atomic mass is 10.1. The van der Waals surface area contributed by atoms with E-state index >= 15 is 0 Å². The van der Waals surface area contributed by atoms with Crippen molar-refractivity contribution in [1.82, 2.24) is 24.9 Å². The lowest BCUT2D eigenvalue weighted by Crippen LogP contribution is -2.54. The highest BCUT2D eigenvalue weighted by Crippen LogP contribution is 2.16. The molecule has 1 atom stereocenters. The Balaban J connectivity index is 1.56. The molecule has 2 saturated heterocycles. The molecule has 0 radical (unpaired) electrons. The van der Waals surface area contributed by atoms with E-state index in [0.29, 0.717) is 0 Å². The van der Waals surface area contributed by atoms with Gasteiger partial charge < -0.3 is 19.9 Å². The van der Waals surface area contributed by atoms with Crippen molar-refractivity contribution in [2.24, 2.45) is 0 Å². The third kappa shape index (κ3) is 6.17. The quantitative estimate of drug-likeness (QED) is 0.753. The Kier molecular flexibility index (Phi) is 8.09. The first-order chi connectivity index (χ1) is 13.7. The average Bonchev–Trinajstić information content (AvgIpc) is 2.74. The van der Waals surface area contributed by atoms with E-state index in [2.05, 4.69) is 39.2 Å². The van der Waals surface area contributed by atoms with Crippen LogP contribution in [0.1, 0.15) is 11.6 Å². The van der Waals surface area contributed by atoms with Crippen molar-refractivity contribution in [2.75, 3.05) is 86.2 Å². The molecule has 2 heterocycles. The molecule has 2 aliphatic heterocycles. The van der Waals surface area contributed by atoms with Crippen LogP contribution in [0.15, 0.2) is 30.3 Å². The van der Waals surface area contributed by atoms with Gasteiger partial charge >= 0.3 is 6.03 Å². The molecule has 2 aliphatic rings. The number of likely N-dealkylation sites (N-methyl/N-ethyl adjacent to an activating group) is 1. The molecule has 0 bridgehead atoms. The summed E-state index contributed by atoms with van der Waals surface area (Å²) in [6.45, 7) is 10.2. The van der Waals surface area contributed by atoms with Gasteiger partial charge in [-0.2, -0.15) is 0 Å². The van der Waals surface area contributed by atoms with Gasteiger partial charge in [0.15, 0.2) is 0 Å². The zero-order valence-electron chi connectivity index (χ0n) is 17.3. The molecule has 2 amide bonds. The minimum absolute atomic E-state index is 0.0172. The van der Waals surface area contributed by atoms with Gasteiger partial charge in [0.2, 0.25) is 0 Å². The second-order valence-electron chi connectivity index (χ2n) is 7.84. The van der Waals surface area contributed by atoms with E-state index in [1.807, 2.05) is 23.1 Å². The van der Waals surface area contributed by atoms with Crippen molar-refractivity contribution in [3.63, 3.8) is 0 Å². The van der Waals surface area contributed by atoms with E-state index in [1.54, 1.807) is 7.11 Å². The molecule has 1 N–H and O–H groups in total. The fourth-order valence-corrected chi connectivity index (χ4v) is 3.84. The lowest BCUT2D eigenvalue weighted by molar-refractivity contribution is 0.103. The molecule has 156 valence electrons. The number of nitrogens with zero attached hydrogens (tertiary/aromatic N) is 4. The van der Waals surface area contributed by atoms with Gasteiger partial charge in [0, 0.05) is 72.6 Å². The summed E-state index contributed by atoms with van der Waals surface area (Å²) >= 11 is 0. The van der Waals surface area contributed by atoms with Crippen LogP contribution >= 0.6 is 0 Å². The van der Waals surface area contributed by atoms with Crippen LogP contribution in [0.25, 0.3) is 0 Å². The smallest absolute Gasteiger partial charge is 0.318 e. The summed E-state index contributed by atoms with van der Waals surface area (Å²) in [5, 5.41) is 3.31. The first-order valence-electron chi connectivity index (χ1n) is 10.4.